The Kier molecular flexibility index (Phi) is 3.34. The van der Waals surface area contributed by atoms with Gasteiger partial charge in [0.1, 0.15) is 0 Å². The summed E-state index contributed by atoms with van der Waals surface area (Å²) in [6.45, 7) is 1.74. The zero-order chi connectivity index (χ0) is 9.03. The maximum Gasteiger partial charge on any atom is 0.457 e. The summed E-state index contributed by atoms with van der Waals surface area (Å²) >= 11 is 0. The Labute approximate surface area is 69.5 Å². The first-order chi connectivity index (χ1) is 5.58. The molecule has 0 aromatic heterocycles. The molecule has 0 aromatic rings. The average Bonchev–Trinajstić information content (AvgIpc) is 2.02. The minimum Gasteiger partial charge on any atom is -0.317 e. The molecule has 0 aromatic carbocycles. The van der Waals surface area contributed by atoms with Crippen molar-refractivity contribution in [2.75, 3.05) is 19.6 Å². The molecule has 12 heavy (non-hydrogen) atoms. The van der Waals surface area contributed by atoms with Gasteiger partial charge >= 0.3 is 6.30 Å². The molecule has 1 aliphatic heterocycles. The van der Waals surface area contributed by atoms with Gasteiger partial charge in [0.15, 0.2) is 0 Å². The van der Waals surface area contributed by atoms with Gasteiger partial charge in [0.25, 0.3) is 0 Å². The van der Waals surface area contributed by atoms with Crippen molar-refractivity contribution in [1.82, 2.24) is 10.6 Å². The lowest BCUT2D eigenvalue weighted by atomic mass is 9.98. The highest BCUT2D eigenvalue weighted by molar-refractivity contribution is 4.70. The van der Waals surface area contributed by atoms with Crippen LogP contribution in [0.5, 0.6) is 0 Å². The molecule has 0 spiro atoms. The first kappa shape index (κ1) is 9.80. The summed E-state index contributed by atoms with van der Waals surface area (Å²) in [5.41, 5.74) is 0. The minimum absolute atomic E-state index is 0.0607. The number of alkyl halides is 3. The van der Waals surface area contributed by atoms with E-state index in [9.17, 15) is 13.2 Å². The predicted octanol–water partition coefficient (Wildman–Crippen LogP) is 1.10. The van der Waals surface area contributed by atoms with Gasteiger partial charge in [0, 0.05) is 6.54 Å². The van der Waals surface area contributed by atoms with Gasteiger partial charge in [-0.05, 0) is 31.8 Å². The molecule has 0 amide bonds. The molecule has 2 N–H and O–H groups in total. The number of halogens is 3. The van der Waals surface area contributed by atoms with E-state index in [2.05, 4.69) is 5.32 Å². The Morgan fingerprint density at radius 2 is 1.83 bits per heavy atom. The zero-order valence-electron chi connectivity index (χ0n) is 6.75. The number of nitrogens with one attached hydrogen (secondary N) is 2. The van der Waals surface area contributed by atoms with Gasteiger partial charge in [-0.1, -0.05) is 0 Å². The molecule has 0 saturated carbocycles. The molecule has 0 atom stereocenters. The highest BCUT2D eigenvalue weighted by atomic mass is 19.4. The molecule has 0 aliphatic carbocycles. The van der Waals surface area contributed by atoms with Crippen molar-refractivity contribution >= 4 is 0 Å². The summed E-state index contributed by atoms with van der Waals surface area (Å²) in [6.07, 6.45) is -2.54. The second-order valence-corrected chi connectivity index (χ2v) is 3.07. The summed E-state index contributed by atoms with van der Waals surface area (Å²) in [5.74, 6) is 0.174. The van der Waals surface area contributed by atoms with Crippen LogP contribution in [0.15, 0.2) is 0 Å². The molecule has 1 heterocycles. The van der Waals surface area contributed by atoms with E-state index in [1.54, 1.807) is 5.32 Å². The van der Waals surface area contributed by atoms with Crippen molar-refractivity contribution in [3.8, 4) is 0 Å². The SMILES string of the molecule is FC(F)(F)NCC1CCNCC1. The third-order valence-electron chi connectivity index (χ3n) is 2.05. The Bertz CT molecular complexity index is 129. The van der Waals surface area contributed by atoms with E-state index < -0.39 is 6.30 Å². The Hall–Kier alpha value is -0.290. The monoisotopic (exact) mass is 182 g/mol. The van der Waals surface area contributed by atoms with E-state index in [-0.39, 0.29) is 12.5 Å². The Balaban J connectivity index is 2.13. The van der Waals surface area contributed by atoms with Crippen LogP contribution < -0.4 is 10.6 Å². The topological polar surface area (TPSA) is 24.1 Å². The van der Waals surface area contributed by atoms with Gasteiger partial charge in [-0.15, -0.1) is 0 Å². The molecule has 0 radical (unpaired) electrons. The molecule has 72 valence electrons. The summed E-state index contributed by atoms with van der Waals surface area (Å²) in [7, 11) is 0. The quantitative estimate of drug-likeness (QED) is 0.625. The maximum atomic E-state index is 11.7. The largest absolute Gasteiger partial charge is 0.457 e. The lowest BCUT2D eigenvalue weighted by Gasteiger charge is -2.23. The van der Waals surface area contributed by atoms with Crippen LogP contribution in [0.2, 0.25) is 0 Å². The number of hydrogen-bond acceptors (Lipinski definition) is 2. The Morgan fingerprint density at radius 1 is 1.25 bits per heavy atom. The maximum absolute atomic E-state index is 11.7. The average molecular weight is 182 g/mol. The lowest BCUT2D eigenvalue weighted by Crippen LogP contribution is -2.39. The zero-order valence-corrected chi connectivity index (χ0v) is 6.75. The summed E-state index contributed by atoms with van der Waals surface area (Å²) in [6, 6.07) is 0. The van der Waals surface area contributed by atoms with E-state index in [1.807, 2.05) is 0 Å². The van der Waals surface area contributed by atoms with Crippen molar-refractivity contribution in [3.63, 3.8) is 0 Å². The van der Waals surface area contributed by atoms with Crippen LogP contribution in [0.25, 0.3) is 0 Å². The van der Waals surface area contributed by atoms with Crippen LogP contribution in [0.3, 0.4) is 0 Å². The van der Waals surface area contributed by atoms with Gasteiger partial charge in [-0.25, -0.2) is 5.32 Å². The molecular formula is C7H13F3N2. The number of hydrogen-bond donors (Lipinski definition) is 2. The first-order valence-corrected chi connectivity index (χ1v) is 4.10. The van der Waals surface area contributed by atoms with Crippen molar-refractivity contribution in [2.45, 2.75) is 19.1 Å². The van der Waals surface area contributed by atoms with Crippen LogP contribution in [0.4, 0.5) is 13.2 Å². The van der Waals surface area contributed by atoms with Gasteiger partial charge in [-0.2, -0.15) is 13.2 Å². The lowest BCUT2D eigenvalue weighted by molar-refractivity contribution is -0.158. The van der Waals surface area contributed by atoms with Gasteiger partial charge < -0.3 is 5.32 Å². The number of rotatable bonds is 2. The normalized spacial score (nSPS) is 21.2. The molecule has 0 bridgehead atoms. The van der Waals surface area contributed by atoms with E-state index in [0.717, 1.165) is 25.9 Å². The highest BCUT2D eigenvalue weighted by Crippen LogP contribution is 2.14. The first-order valence-electron chi connectivity index (χ1n) is 4.10. The van der Waals surface area contributed by atoms with E-state index in [4.69, 9.17) is 0 Å². The van der Waals surface area contributed by atoms with Crippen molar-refractivity contribution in [1.29, 1.82) is 0 Å². The van der Waals surface area contributed by atoms with Crippen LogP contribution >= 0.6 is 0 Å². The van der Waals surface area contributed by atoms with E-state index >= 15 is 0 Å². The molecule has 1 fully saturated rings. The van der Waals surface area contributed by atoms with E-state index in [1.165, 1.54) is 0 Å². The molecule has 0 unspecified atom stereocenters. The van der Waals surface area contributed by atoms with Crippen molar-refractivity contribution in [3.05, 3.63) is 0 Å². The molecule has 5 heteroatoms. The second-order valence-electron chi connectivity index (χ2n) is 3.07. The fraction of sp³-hybridized carbons (Fsp3) is 1.00. The second kappa shape index (κ2) is 4.09. The molecular weight excluding hydrogens is 169 g/mol. The minimum atomic E-state index is -4.22. The van der Waals surface area contributed by atoms with Crippen LogP contribution in [-0.2, 0) is 0 Å². The molecule has 1 aliphatic rings. The third-order valence-corrected chi connectivity index (χ3v) is 2.05. The van der Waals surface area contributed by atoms with Crippen molar-refractivity contribution in [2.24, 2.45) is 5.92 Å². The molecule has 1 rings (SSSR count). The highest BCUT2D eigenvalue weighted by Gasteiger charge is 2.27. The molecule has 1 saturated heterocycles. The smallest absolute Gasteiger partial charge is 0.317 e. The van der Waals surface area contributed by atoms with Crippen molar-refractivity contribution < 1.29 is 13.2 Å². The van der Waals surface area contributed by atoms with Gasteiger partial charge in [0.05, 0.1) is 0 Å². The van der Waals surface area contributed by atoms with Crippen LogP contribution in [-0.4, -0.2) is 25.9 Å². The van der Waals surface area contributed by atoms with Crippen LogP contribution in [0, 0.1) is 5.92 Å². The van der Waals surface area contributed by atoms with E-state index in [0.29, 0.717) is 0 Å². The third kappa shape index (κ3) is 3.92. The fourth-order valence-corrected chi connectivity index (χ4v) is 1.35. The van der Waals surface area contributed by atoms with Crippen LogP contribution in [0.1, 0.15) is 12.8 Å². The molecule has 2 nitrogen and oxygen atoms in total. The summed E-state index contributed by atoms with van der Waals surface area (Å²) < 4.78 is 35.1. The summed E-state index contributed by atoms with van der Waals surface area (Å²) in [4.78, 5) is 0. The number of piperidine rings is 1. The fourth-order valence-electron chi connectivity index (χ4n) is 1.35. The standard InChI is InChI=1S/C7H13F3N2/c8-7(9,10)12-5-6-1-3-11-4-2-6/h6,11-12H,1-5H2. The van der Waals surface area contributed by atoms with Gasteiger partial charge in [0.2, 0.25) is 0 Å². The van der Waals surface area contributed by atoms with Gasteiger partial charge in [-0.3, -0.25) is 0 Å². The predicted molar refractivity (Wildman–Crippen MR) is 39.7 cm³/mol. The Morgan fingerprint density at radius 3 is 2.33 bits per heavy atom. The summed E-state index contributed by atoms with van der Waals surface area (Å²) in [5, 5.41) is 4.67.